The van der Waals surface area contributed by atoms with Crippen molar-refractivity contribution in [3.8, 4) is 0 Å². The summed E-state index contributed by atoms with van der Waals surface area (Å²) < 4.78 is 0. The van der Waals surface area contributed by atoms with E-state index in [-0.39, 0.29) is 24.5 Å². The van der Waals surface area contributed by atoms with E-state index in [1.54, 1.807) is 24.3 Å². The number of halogens is 1. The highest BCUT2D eigenvalue weighted by Crippen LogP contribution is 2.13. The van der Waals surface area contributed by atoms with Gasteiger partial charge in [-0.25, -0.2) is 4.79 Å². The number of amides is 4. The van der Waals surface area contributed by atoms with Gasteiger partial charge in [0.25, 0.3) is 0 Å². The predicted molar refractivity (Wildman–Crippen MR) is 118 cm³/mol. The molecule has 2 atom stereocenters. The second-order valence-electron chi connectivity index (χ2n) is 6.37. The zero-order valence-electron chi connectivity index (χ0n) is 16.8. The standard InChI is InChI=1S/C18H24ClN5O7S/c19-10-1-3-11(4-2-10)23-18(31)22-9-32-8-13(16(28)21-7-15(26)27)24-14(25)6-5-12(20)17(29)30/h1-4,12-13H,5-9,20H2,(H,21,28)(H,24,25)(H,26,27)(H,29,30)(H2,22,23,31)/t12-,13-/m1/s1. The molecule has 176 valence electrons. The van der Waals surface area contributed by atoms with Gasteiger partial charge in [-0.2, -0.15) is 0 Å². The van der Waals surface area contributed by atoms with Crippen LogP contribution >= 0.6 is 23.4 Å². The molecule has 0 aliphatic rings. The van der Waals surface area contributed by atoms with E-state index in [9.17, 15) is 24.0 Å². The molecule has 1 aromatic rings. The number of nitrogens with two attached hydrogens (primary N) is 1. The van der Waals surface area contributed by atoms with Crippen molar-refractivity contribution in [2.45, 2.75) is 24.9 Å². The van der Waals surface area contributed by atoms with Crippen LogP contribution < -0.4 is 27.0 Å². The molecular formula is C18H24ClN5O7S. The Bertz CT molecular complexity index is 824. The van der Waals surface area contributed by atoms with Crippen molar-refractivity contribution in [3.63, 3.8) is 0 Å². The molecule has 0 spiro atoms. The SMILES string of the molecule is N[C@H](CCC(=O)N[C@H](CSCNC(=O)Nc1ccc(Cl)cc1)C(=O)NCC(=O)O)C(=O)O. The van der Waals surface area contributed by atoms with Crippen LogP contribution in [-0.2, 0) is 19.2 Å². The largest absolute Gasteiger partial charge is 0.480 e. The van der Waals surface area contributed by atoms with Crippen molar-refractivity contribution in [1.82, 2.24) is 16.0 Å². The normalized spacial score (nSPS) is 12.2. The number of hydrogen-bond donors (Lipinski definition) is 7. The van der Waals surface area contributed by atoms with E-state index in [2.05, 4.69) is 21.3 Å². The molecule has 4 amide bonds. The Balaban J connectivity index is 2.51. The highest BCUT2D eigenvalue weighted by molar-refractivity contribution is 7.99. The van der Waals surface area contributed by atoms with Gasteiger partial charge in [-0.3, -0.25) is 19.2 Å². The summed E-state index contributed by atoms with van der Waals surface area (Å²) >= 11 is 6.87. The van der Waals surface area contributed by atoms with Crippen LogP contribution in [-0.4, -0.2) is 70.3 Å². The molecule has 1 aromatic carbocycles. The van der Waals surface area contributed by atoms with Crippen LogP contribution in [0.3, 0.4) is 0 Å². The molecule has 14 heteroatoms. The number of thioether (sulfide) groups is 1. The zero-order chi connectivity index (χ0) is 24.1. The van der Waals surface area contributed by atoms with Gasteiger partial charge in [-0.05, 0) is 30.7 Å². The maximum atomic E-state index is 12.2. The molecule has 0 heterocycles. The van der Waals surface area contributed by atoms with E-state index >= 15 is 0 Å². The third-order valence-corrected chi connectivity index (χ3v) is 4.96. The summed E-state index contributed by atoms with van der Waals surface area (Å²) in [5.74, 6) is -3.77. The summed E-state index contributed by atoms with van der Waals surface area (Å²) in [4.78, 5) is 57.5. The van der Waals surface area contributed by atoms with Gasteiger partial charge >= 0.3 is 18.0 Å². The number of carboxylic acid groups (broad SMARTS) is 2. The van der Waals surface area contributed by atoms with Gasteiger partial charge in [-0.15, -0.1) is 11.8 Å². The first-order valence-electron chi connectivity index (χ1n) is 9.24. The van der Waals surface area contributed by atoms with E-state index < -0.39 is 48.4 Å². The summed E-state index contributed by atoms with van der Waals surface area (Å²) in [6.07, 6.45) is -0.368. The molecule has 1 rings (SSSR count). The lowest BCUT2D eigenvalue weighted by atomic mass is 10.1. The maximum Gasteiger partial charge on any atom is 0.322 e. The maximum absolute atomic E-state index is 12.2. The lowest BCUT2D eigenvalue weighted by molar-refractivity contribution is -0.139. The molecule has 0 fully saturated rings. The van der Waals surface area contributed by atoms with Crippen LogP contribution in [0.15, 0.2) is 24.3 Å². The molecule has 8 N–H and O–H groups in total. The Hall–Kier alpha value is -3.03. The van der Waals surface area contributed by atoms with Gasteiger partial charge in [0.1, 0.15) is 18.6 Å². The molecular weight excluding hydrogens is 466 g/mol. The Morgan fingerprint density at radius 3 is 2.31 bits per heavy atom. The van der Waals surface area contributed by atoms with Crippen LogP contribution in [0, 0.1) is 0 Å². The fourth-order valence-electron chi connectivity index (χ4n) is 2.15. The smallest absolute Gasteiger partial charge is 0.322 e. The Kier molecular flexibility index (Phi) is 11.9. The number of aliphatic carboxylic acids is 2. The monoisotopic (exact) mass is 489 g/mol. The van der Waals surface area contributed by atoms with Crippen LogP contribution in [0.2, 0.25) is 5.02 Å². The second-order valence-corrected chi connectivity index (χ2v) is 7.83. The average Bonchev–Trinajstić information content (AvgIpc) is 2.73. The zero-order valence-corrected chi connectivity index (χ0v) is 18.4. The molecule has 32 heavy (non-hydrogen) atoms. The average molecular weight is 490 g/mol. The van der Waals surface area contributed by atoms with Gasteiger partial charge in [0.05, 0.1) is 5.88 Å². The fraction of sp³-hybridized carbons (Fsp3) is 0.389. The number of benzene rings is 1. The van der Waals surface area contributed by atoms with Gasteiger partial charge < -0.3 is 37.2 Å². The van der Waals surface area contributed by atoms with Crippen molar-refractivity contribution in [3.05, 3.63) is 29.3 Å². The van der Waals surface area contributed by atoms with Crippen LogP contribution in [0.25, 0.3) is 0 Å². The first kappa shape index (κ1) is 27.0. The number of urea groups is 1. The van der Waals surface area contributed by atoms with Crippen molar-refractivity contribution < 1.29 is 34.2 Å². The van der Waals surface area contributed by atoms with E-state index in [4.69, 9.17) is 27.5 Å². The topological polar surface area (TPSA) is 200 Å². The number of hydrogen-bond acceptors (Lipinski definition) is 7. The summed E-state index contributed by atoms with van der Waals surface area (Å²) in [6.45, 7) is -0.637. The van der Waals surface area contributed by atoms with Gasteiger partial charge in [0, 0.05) is 22.9 Å². The lowest BCUT2D eigenvalue weighted by Crippen LogP contribution is -2.49. The number of carbonyl (C=O) groups excluding carboxylic acids is 3. The van der Waals surface area contributed by atoms with Crippen molar-refractivity contribution in [2.75, 3.05) is 23.5 Å². The van der Waals surface area contributed by atoms with E-state index in [1.165, 1.54) is 0 Å². The summed E-state index contributed by atoms with van der Waals surface area (Å²) in [6, 6.07) is 3.62. The predicted octanol–water partition coefficient (Wildman–Crippen LogP) is 0.0299. The van der Waals surface area contributed by atoms with Crippen molar-refractivity contribution >= 4 is 58.8 Å². The lowest BCUT2D eigenvalue weighted by Gasteiger charge is -2.18. The van der Waals surface area contributed by atoms with E-state index in [0.717, 1.165) is 11.8 Å². The summed E-state index contributed by atoms with van der Waals surface area (Å²) in [5.41, 5.74) is 5.87. The quantitative estimate of drug-likeness (QED) is 0.147. The van der Waals surface area contributed by atoms with Crippen molar-refractivity contribution in [1.29, 1.82) is 0 Å². The van der Waals surface area contributed by atoms with Crippen LogP contribution in [0.4, 0.5) is 10.5 Å². The fourth-order valence-corrected chi connectivity index (χ4v) is 3.09. The molecule has 0 saturated heterocycles. The number of anilines is 1. The third kappa shape index (κ3) is 11.4. The summed E-state index contributed by atoms with van der Waals surface area (Å²) in [7, 11) is 0. The molecule has 0 aliphatic carbocycles. The second kappa shape index (κ2) is 14.1. The van der Waals surface area contributed by atoms with E-state index in [1.807, 2.05) is 0 Å². The Morgan fingerprint density at radius 1 is 1.06 bits per heavy atom. The Labute approximate surface area is 192 Å². The van der Waals surface area contributed by atoms with Crippen LogP contribution in [0.5, 0.6) is 0 Å². The highest BCUT2D eigenvalue weighted by Gasteiger charge is 2.22. The molecule has 0 radical (unpaired) electrons. The number of rotatable bonds is 13. The minimum Gasteiger partial charge on any atom is -0.480 e. The van der Waals surface area contributed by atoms with Gasteiger partial charge in [0.15, 0.2) is 0 Å². The van der Waals surface area contributed by atoms with Gasteiger partial charge in [0.2, 0.25) is 11.8 Å². The number of carbonyl (C=O) groups is 5. The first-order chi connectivity index (χ1) is 15.1. The molecule has 0 bridgehead atoms. The minimum atomic E-state index is -1.26. The highest BCUT2D eigenvalue weighted by atomic mass is 35.5. The molecule has 0 aromatic heterocycles. The van der Waals surface area contributed by atoms with Crippen molar-refractivity contribution in [2.24, 2.45) is 5.73 Å². The Morgan fingerprint density at radius 2 is 1.72 bits per heavy atom. The molecule has 0 aliphatic heterocycles. The third-order valence-electron chi connectivity index (χ3n) is 3.79. The van der Waals surface area contributed by atoms with E-state index in [0.29, 0.717) is 10.7 Å². The summed E-state index contributed by atoms with van der Waals surface area (Å²) in [5, 5.41) is 27.7. The molecule has 0 saturated carbocycles. The van der Waals surface area contributed by atoms with Crippen LogP contribution in [0.1, 0.15) is 12.8 Å². The number of carboxylic acids is 2. The molecule has 12 nitrogen and oxygen atoms in total. The first-order valence-corrected chi connectivity index (χ1v) is 10.8. The number of nitrogens with one attached hydrogen (secondary N) is 4. The van der Waals surface area contributed by atoms with Gasteiger partial charge in [-0.1, -0.05) is 11.6 Å². The minimum absolute atomic E-state index is 0.0173. The molecule has 0 unspecified atom stereocenters.